The summed E-state index contributed by atoms with van der Waals surface area (Å²) in [5.74, 6) is 1.65. The number of hydrogen-bond acceptors (Lipinski definition) is 5. The normalized spacial score (nSPS) is 21.7. The molecular weight excluding hydrogens is 378 g/mol. The number of Topliss-reactive ketones (excluding diaryl/α,β-unsaturated/α-hetero) is 1. The Morgan fingerprint density at radius 1 is 1.10 bits per heavy atom. The van der Waals surface area contributed by atoms with Crippen LogP contribution in [-0.4, -0.2) is 42.6 Å². The topological polar surface area (TPSA) is 48.0 Å². The lowest BCUT2D eigenvalue weighted by Gasteiger charge is -2.44. The van der Waals surface area contributed by atoms with E-state index in [9.17, 15) is 4.79 Å². The van der Waals surface area contributed by atoms with Crippen LogP contribution in [0.1, 0.15) is 49.9 Å². The Balaban J connectivity index is 1.54. The van der Waals surface area contributed by atoms with Gasteiger partial charge in [0.2, 0.25) is 0 Å². The lowest BCUT2D eigenvalue weighted by Crippen LogP contribution is -2.51. The second-order valence-electron chi connectivity index (χ2n) is 9.13. The molecule has 2 aliphatic rings. The summed E-state index contributed by atoms with van der Waals surface area (Å²) < 4.78 is 17.8. The van der Waals surface area contributed by atoms with Crippen molar-refractivity contribution in [3.63, 3.8) is 0 Å². The highest BCUT2D eigenvalue weighted by Crippen LogP contribution is 2.42. The van der Waals surface area contributed by atoms with E-state index < -0.39 is 0 Å². The Morgan fingerprint density at radius 2 is 1.87 bits per heavy atom. The molecule has 0 amide bonds. The van der Waals surface area contributed by atoms with Gasteiger partial charge in [0.05, 0.1) is 12.7 Å². The van der Waals surface area contributed by atoms with E-state index in [-0.39, 0.29) is 23.5 Å². The van der Waals surface area contributed by atoms with E-state index in [1.165, 1.54) is 11.1 Å². The molecule has 5 heteroatoms. The molecule has 160 valence electrons. The van der Waals surface area contributed by atoms with Crippen molar-refractivity contribution in [1.82, 2.24) is 4.90 Å². The van der Waals surface area contributed by atoms with Crippen LogP contribution in [0.3, 0.4) is 0 Å². The fourth-order valence-corrected chi connectivity index (χ4v) is 4.39. The van der Waals surface area contributed by atoms with E-state index in [0.717, 1.165) is 24.3 Å². The summed E-state index contributed by atoms with van der Waals surface area (Å²) in [5, 5.41) is 0. The monoisotopic (exact) mass is 409 g/mol. The van der Waals surface area contributed by atoms with Gasteiger partial charge in [-0.05, 0) is 56.0 Å². The number of benzene rings is 2. The third-order valence-corrected chi connectivity index (χ3v) is 5.78. The third-order valence-electron chi connectivity index (χ3n) is 5.78. The maximum atomic E-state index is 12.8. The van der Waals surface area contributed by atoms with Gasteiger partial charge in [-0.1, -0.05) is 30.3 Å². The second kappa shape index (κ2) is 8.40. The second-order valence-corrected chi connectivity index (χ2v) is 9.13. The van der Waals surface area contributed by atoms with Crippen molar-refractivity contribution in [3.05, 3.63) is 59.2 Å². The number of ether oxygens (including phenoxy) is 3. The quantitative estimate of drug-likeness (QED) is 0.736. The number of hydrogen-bond donors (Lipinski definition) is 0. The first-order valence-electron chi connectivity index (χ1n) is 10.7. The number of methoxy groups -OCH3 is 1. The molecule has 1 fully saturated rings. The number of fused-ring (bicyclic) bond motifs is 3. The van der Waals surface area contributed by atoms with E-state index >= 15 is 0 Å². The van der Waals surface area contributed by atoms with Crippen LogP contribution < -0.4 is 9.47 Å². The van der Waals surface area contributed by atoms with Gasteiger partial charge in [-0.3, -0.25) is 9.69 Å². The highest BCUT2D eigenvalue weighted by molar-refractivity contribution is 5.85. The van der Waals surface area contributed by atoms with Crippen LogP contribution in [0.15, 0.2) is 42.5 Å². The van der Waals surface area contributed by atoms with Crippen LogP contribution in [0.4, 0.5) is 0 Å². The molecule has 2 atom stereocenters. The minimum absolute atomic E-state index is 0.0816. The summed E-state index contributed by atoms with van der Waals surface area (Å²) in [7, 11) is 1.66. The lowest BCUT2D eigenvalue weighted by molar-refractivity contribution is -0.151. The molecule has 2 aromatic rings. The zero-order valence-corrected chi connectivity index (χ0v) is 18.3. The first-order valence-corrected chi connectivity index (χ1v) is 10.7. The molecule has 5 nitrogen and oxygen atoms in total. The average molecular weight is 410 g/mol. The largest absolute Gasteiger partial charge is 0.493 e. The molecule has 0 aromatic heterocycles. The van der Waals surface area contributed by atoms with E-state index in [1.807, 2.05) is 51.1 Å². The Morgan fingerprint density at radius 3 is 2.57 bits per heavy atom. The summed E-state index contributed by atoms with van der Waals surface area (Å²) in [6.45, 7) is 8.06. The van der Waals surface area contributed by atoms with Crippen LogP contribution in [0.25, 0.3) is 0 Å². The van der Waals surface area contributed by atoms with E-state index in [0.29, 0.717) is 25.3 Å². The van der Waals surface area contributed by atoms with Crippen molar-refractivity contribution in [2.75, 3.05) is 20.2 Å². The fourth-order valence-electron chi connectivity index (χ4n) is 4.39. The van der Waals surface area contributed by atoms with Gasteiger partial charge < -0.3 is 14.2 Å². The van der Waals surface area contributed by atoms with Crippen molar-refractivity contribution >= 4 is 5.78 Å². The van der Waals surface area contributed by atoms with Gasteiger partial charge in [0.25, 0.3) is 0 Å². The first kappa shape index (κ1) is 20.9. The molecule has 0 bridgehead atoms. The van der Waals surface area contributed by atoms with Crippen LogP contribution in [-0.2, 0) is 22.6 Å². The molecular formula is C25H31NO4. The summed E-state index contributed by atoms with van der Waals surface area (Å²) in [4.78, 5) is 15.2. The molecule has 2 heterocycles. The zero-order chi connectivity index (χ0) is 21.3. The van der Waals surface area contributed by atoms with Gasteiger partial charge in [-0.15, -0.1) is 0 Å². The molecule has 0 spiro atoms. The summed E-state index contributed by atoms with van der Waals surface area (Å²) in [6, 6.07) is 14.3. The number of rotatable bonds is 5. The van der Waals surface area contributed by atoms with Gasteiger partial charge in [0.1, 0.15) is 12.7 Å². The van der Waals surface area contributed by atoms with Gasteiger partial charge in [-0.25, -0.2) is 0 Å². The number of carbonyl (C=O) groups is 1. The van der Waals surface area contributed by atoms with Crippen molar-refractivity contribution in [1.29, 1.82) is 0 Å². The Bertz CT molecular complexity index is 903. The smallest absolute Gasteiger partial charge is 0.164 e. The standard InChI is InChI=1S/C25H31NO4/c1-25(2,3)30-24-15-26-11-10-18-12-23(29-16-17-8-6-5-7-9-17)22(28-4)13-19(18)20(26)14-21(24)27/h5-9,12-13,20,24H,10-11,14-16H2,1-4H3/t20-,24-/m0/s1. The number of piperidine rings is 1. The molecule has 4 rings (SSSR count). The Hall–Kier alpha value is -2.37. The van der Waals surface area contributed by atoms with Crippen molar-refractivity contribution in [2.45, 2.75) is 58.0 Å². The van der Waals surface area contributed by atoms with E-state index in [2.05, 4.69) is 17.0 Å². The highest BCUT2D eigenvalue weighted by atomic mass is 16.5. The summed E-state index contributed by atoms with van der Waals surface area (Å²) in [6.07, 6.45) is 1.05. The average Bonchev–Trinajstić information content (AvgIpc) is 2.72. The van der Waals surface area contributed by atoms with Crippen molar-refractivity contribution in [2.24, 2.45) is 0 Å². The molecule has 2 aliphatic heterocycles. The minimum Gasteiger partial charge on any atom is -0.493 e. The number of nitrogens with zero attached hydrogens (tertiary/aromatic N) is 1. The molecule has 2 aromatic carbocycles. The predicted molar refractivity (Wildman–Crippen MR) is 116 cm³/mol. The van der Waals surface area contributed by atoms with Crippen LogP contribution >= 0.6 is 0 Å². The van der Waals surface area contributed by atoms with Crippen LogP contribution in [0.5, 0.6) is 11.5 Å². The maximum Gasteiger partial charge on any atom is 0.164 e. The molecule has 30 heavy (non-hydrogen) atoms. The predicted octanol–water partition coefficient (Wildman–Crippen LogP) is 4.33. The van der Waals surface area contributed by atoms with Crippen LogP contribution in [0, 0.1) is 0 Å². The molecule has 0 radical (unpaired) electrons. The zero-order valence-electron chi connectivity index (χ0n) is 18.3. The molecule has 0 aliphatic carbocycles. The number of carbonyl (C=O) groups excluding carboxylic acids is 1. The Labute approximate surface area is 178 Å². The third kappa shape index (κ3) is 4.52. The van der Waals surface area contributed by atoms with Crippen molar-refractivity contribution < 1.29 is 19.0 Å². The van der Waals surface area contributed by atoms with Gasteiger partial charge >= 0.3 is 0 Å². The van der Waals surface area contributed by atoms with Crippen molar-refractivity contribution in [3.8, 4) is 11.5 Å². The molecule has 1 saturated heterocycles. The Kier molecular flexibility index (Phi) is 5.85. The lowest BCUT2D eigenvalue weighted by atomic mass is 9.85. The van der Waals surface area contributed by atoms with Crippen LogP contribution in [0.2, 0.25) is 0 Å². The maximum absolute atomic E-state index is 12.8. The SMILES string of the molecule is COc1cc2c(cc1OCc1ccccc1)CCN1C[C@H](OC(C)(C)C)C(=O)C[C@@H]21. The summed E-state index contributed by atoms with van der Waals surface area (Å²) in [5.41, 5.74) is 3.21. The van der Waals surface area contributed by atoms with Gasteiger partial charge in [0, 0.05) is 25.6 Å². The first-order chi connectivity index (χ1) is 14.3. The minimum atomic E-state index is -0.349. The van der Waals surface area contributed by atoms with E-state index in [1.54, 1.807) is 7.11 Å². The molecule has 0 unspecified atom stereocenters. The summed E-state index contributed by atoms with van der Waals surface area (Å²) >= 11 is 0. The van der Waals surface area contributed by atoms with E-state index in [4.69, 9.17) is 14.2 Å². The van der Waals surface area contributed by atoms with Gasteiger partial charge in [0.15, 0.2) is 17.3 Å². The van der Waals surface area contributed by atoms with Gasteiger partial charge in [-0.2, -0.15) is 0 Å². The highest BCUT2D eigenvalue weighted by Gasteiger charge is 2.40. The fraction of sp³-hybridized carbons (Fsp3) is 0.480. The molecule has 0 saturated carbocycles. The molecule has 0 N–H and O–H groups in total. The number of ketones is 1.